The minimum atomic E-state index is 0.492. The van der Waals surface area contributed by atoms with Gasteiger partial charge in [-0.05, 0) is 24.8 Å². The Bertz CT molecular complexity index is 999. The van der Waals surface area contributed by atoms with E-state index < -0.39 is 0 Å². The van der Waals surface area contributed by atoms with Crippen LogP contribution in [0.2, 0.25) is 0 Å². The average molecular weight is 344 g/mol. The Labute approximate surface area is 152 Å². The zero-order chi connectivity index (χ0) is 18.1. The van der Waals surface area contributed by atoms with E-state index in [1.807, 2.05) is 61.4 Å². The Morgan fingerprint density at radius 2 is 1.96 bits per heavy atom. The lowest BCUT2D eigenvalue weighted by Gasteiger charge is -2.25. The van der Waals surface area contributed by atoms with Crippen LogP contribution in [0.3, 0.4) is 0 Å². The van der Waals surface area contributed by atoms with Gasteiger partial charge in [-0.2, -0.15) is 15.5 Å². The first-order valence-electron chi connectivity index (χ1n) is 8.78. The molecule has 2 heterocycles. The SMILES string of the molecule is Cn1nc(-c2ccccc2)nc1C(C#N)=Cc1c(C2CCC2)cnn1C. The van der Waals surface area contributed by atoms with Gasteiger partial charge in [-0.1, -0.05) is 36.8 Å². The van der Waals surface area contributed by atoms with Gasteiger partial charge in [0.05, 0.1) is 17.5 Å². The first kappa shape index (κ1) is 16.3. The molecule has 0 aliphatic heterocycles. The van der Waals surface area contributed by atoms with Gasteiger partial charge >= 0.3 is 0 Å². The van der Waals surface area contributed by atoms with Crippen molar-refractivity contribution in [2.45, 2.75) is 25.2 Å². The second-order valence-electron chi connectivity index (χ2n) is 6.66. The fraction of sp³-hybridized carbons (Fsp3) is 0.300. The standard InChI is InChI=1S/C20H20N6/c1-25-18(17(13-22-25)14-9-6-10-14)11-16(12-21)20-23-19(24-26(20)2)15-7-4-3-5-8-15/h3-5,7-8,11,13-14H,6,9-10H2,1-2H3. The van der Waals surface area contributed by atoms with Gasteiger partial charge < -0.3 is 0 Å². The van der Waals surface area contributed by atoms with Crippen molar-refractivity contribution >= 4 is 11.6 Å². The molecule has 1 saturated carbocycles. The summed E-state index contributed by atoms with van der Waals surface area (Å²) in [5, 5.41) is 18.6. The summed E-state index contributed by atoms with van der Waals surface area (Å²) in [5.41, 5.74) is 3.63. The van der Waals surface area contributed by atoms with Crippen LogP contribution >= 0.6 is 0 Å². The molecule has 1 aliphatic carbocycles. The Balaban J connectivity index is 1.75. The van der Waals surface area contributed by atoms with E-state index in [1.54, 1.807) is 4.68 Å². The fourth-order valence-corrected chi connectivity index (χ4v) is 3.29. The molecule has 0 amide bonds. The molecule has 1 aliphatic rings. The van der Waals surface area contributed by atoms with Gasteiger partial charge in [0.25, 0.3) is 0 Å². The molecule has 6 nitrogen and oxygen atoms in total. The average Bonchev–Trinajstić information content (AvgIpc) is 3.16. The molecule has 26 heavy (non-hydrogen) atoms. The molecule has 1 fully saturated rings. The van der Waals surface area contributed by atoms with Crippen LogP contribution in [0.25, 0.3) is 23.0 Å². The number of aryl methyl sites for hydroxylation is 2. The van der Waals surface area contributed by atoms with Crippen LogP contribution in [0.1, 0.15) is 42.3 Å². The molecule has 4 rings (SSSR count). The van der Waals surface area contributed by atoms with Crippen molar-refractivity contribution in [3.8, 4) is 17.5 Å². The smallest absolute Gasteiger partial charge is 0.181 e. The first-order valence-corrected chi connectivity index (χ1v) is 8.78. The summed E-state index contributed by atoms with van der Waals surface area (Å²) in [7, 11) is 3.73. The van der Waals surface area contributed by atoms with Crippen LogP contribution in [0.15, 0.2) is 36.5 Å². The van der Waals surface area contributed by atoms with Gasteiger partial charge in [0.1, 0.15) is 6.07 Å². The lowest BCUT2D eigenvalue weighted by molar-refractivity contribution is 0.419. The van der Waals surface area contributed by atoms with E-state index in [2.05, 4.69) is 21.3 Å². The summed E-state index contributed by atoms with van der Waals surface area (Å²) in [6.45, 7) is 0. The number of rotatable bonds is 4. The molecule has 0 atom stereocenters. The number of allylic oxidation sites excluding steroid dienone is 1. The van der Waals surface area contributed by atoms with E-state index >= 15 is 0 Å². The number of benzene rings is 1. The van der Waals surface area contributed by atoms with E-state index in [-0.39, 0.29) is 0 Å². The third-order valence-corrected chi connectivity index (χ3v) is 5.00. The maximum Gasteiger partial charge on any atom is 0.181 e. The maximum atomic E-state index is 9.75. The zero-order valence-electron chi connectivity index (χ0n) is 14.9. The van der Waals surface area contributed by atoms with Gasteiger partial charge in [-0.25, -0.2) is 9.67 Å². The molecule has 0 spiro atoms. The molecular weight excluding hydrogens is 324 g/mol. The number of aromatic nitrogens is 5. The summed E-state index contributed by atoms with van der Waals surface area (Å²) >= 11 is 0. The Kier molecular flexibility index (Phi) is 4.13. The van der Waals surface area contributed by atoms with Crippen molar-refractivity contribution in [3.63, 3.8) is 0 Å². The second kappa shape index (κ2) is 6.60. The van der Waals surface area contributed by atoms with Crippen LogP contribution in [-0.4, -0.2) is 24.5 Å². The predicted octanol–water partition coefficient (Wildman–Crippen LogP) is 3.55. The van der Waals surface area contributed by atoms with Crippen LogP contribution in [0, 0.1) is 11.3 Å². The predicted molar refractivity (Wildman–Crippen MR) is 99.7 cm³/mol. The molecule has 3 aromatic rings. The van der Waals surface area contributed by atoms with Gasteiger partial charge in [0.2, 0.25) is 0 Å². The highest BCUT2D eigenvalue weighted by atomic mass is 15.3. The molecule has 130 valence electrons. The van der Waals surface area contributed by atoms with E-state index in [9.17, 15) is 5.26 Å². The lowest BCUT2D eigenvalue weighted by atomic mass is 9.80. The molecule has 2 aromatic heterocycles. The Hall–Kier alpha value is -3.20. The number of hydrogen-bond acceptors (Lipinski definition) is 4. The highest BCUT2D eigenvalue weighted by Crippen LogP contribution is 2.38. The van der Waals surface area contributed by atoms with Crippen molar-refractivity contribution in [2.24, 2.45) is 14.1 Å². The number of hydrogen-bond donors (Lipinski definition) is 0. The molecule has 0 radical (unpaired) electrons. The van der Waals surface area contributed by atoms with Crippen molar-refractivity contribution in [1.29, 1.82) is 5.26 Å². The van der Waals surface area contributed by atoms with Gasteiger partial charge in [-0.3, -0.25) is 4.68 Å². The molecule has 0 unspecified atom stereocenters. The van der Waals surface area contributed by atoms with Crippen LogP contribution in [-0.2, 0) is 14.1 Å². The first-order chi connectivity index (χ1) is 12.7. The largest absolute Gasteiger partial charge is 0.268 e. The minimum absolute atomic E-state index is 0.492. The van der Waals surface area contributed by atoms with Gasteiger partial charge in [0, 0.05) is 25.2 Å². The lowest BCUT2D eigenvalue weighted by Crippen LogP contribution is -2.10. The van der Waals surface area contributed by atoms with Gasteiger partial charge in [0.15, 0.2) is 11.6 Å². The van der Waals surface area contributed by atoms with E-state index in [0.29, 0.717) is 23.1 Å². The normalized spacial score (nSPS) is 14.9. The third kappa shape index (κ3) is 2.82. The fourth-order valence-electron chi connectivity index (χ4n) is 3.29. The van der Waals surface area contributed by atoms with E-state index in [0.717, 1.165) is 11.3 Å². The summed E-state index contributed by atoms with van der Waals surface area (Å²) in [6, 6.07) is 12.1. The topological polar surface area (TPSA) is 72.3 Å². The van der Waals surface area contributed by atoms with Crippen molar-refractivity contribution in [1.82, 2.24) is 24.5 Å². The molecule has 1 aromatic carbocycles. The van der Waals surface area contributed by atoms with Crippen LogP contribution < -0.4 is 0 Å². The summed E-state index contributed by atoms with van der Waals surface area (Å²) < 4.78 is 3.50. The monoisotopic (exact) mass is 344 g/mol. The minimum Gasteiger partial charge on any atom is -0.268 e. The Morgan fingerprint density at radius 1 is 1.19 bits per heavy atom. The summed E-state index contributed by atoms with van der Waals surface area (Å²) in [6.07, 6.45) is 7.46. The van der Waals surface area contributed by atoms with E-state index in [1.165, 1.54) is 24.8 Å². The van der Waals surface area contributed by atoms with Crippen LogP contribution in [0.4, 0.5) is 0 Å². The molecule has 0 saturated heterocycles. The highest BCUT2D eigenvalue weighted by Gasteiger charge is 2.24. The maximum absolute atomic E-state index is 9.75. The van der Waals surface area contributed by atoms with Gasteiger partial charge in [-0.15, -0.1) is 0 Å². The summed E-state index contributed by atoms with van der Waals surface area (Å²) in [4.78, 5) is 4.60. The van der Waals surface area contributed by atoms with E-state index in [4.69, 9.17) is 0 Å². The van der Waals surface area contributed by atoms with Crippen molar-refractivity contribution in [3.05, 3.63) is 53.6 Å². The number of nitriles is 1. The highest BCUT2D eigenvalue weighted by molar-refractivity contribution is 5.87. The Morgan fingerprint density at radius 3 is 2.62 bits per heavy atom. The number of nitrogens with zero attached hydrogens (tertiary/aromatic N) is 6. The summed E-state index contributed by atoms with van der Waals surface area (Å²) in [5.74, 6) is 1.73. The molecular formula is C20H20N6. The second-order valence-corrected chi connectivity index (χ2v) is 6.66. The van der Waals surface area contributed by atoms with Crippen molar-refractivity contribution < 1.29 is 0 Å². The third-order valence-electron chi connectivity index (χ3n) is 5.00. The quantitative estimate of drug-likeness (QED) is 0.679. The molecule has 6 heteroatoms. The molecule has 0 N–H and O–H groups in total. The van der Waals surface area contributed by atoms with Crippen LogP contribution in [0.5, 0.6) is 0 Å². The molecule has 0 bridgehead atoms. The zero-order valence-corrected chi connectivity index (χ0v) is 14.9. The van der Waals surface area contributed by atoms with Crippen molar-refractivity contribution in [2.75, 3.05) is 0 Å².